The first-order valence-corrected chi connectivity index (χ1v) is 9.01. The van der Waals surface area contributed by atoms with Crippen molar-refractivity contribution in [2.24, 2.45) is 22.7 Å². The van der Waals surface area contributed by atoms with Gasteiger partial charge in [0.1, 0.15) is 0 Å². The fourth-order valence-electron chi connectivity index (χ4n) is 6.36. The molecule has 1 aliphatic heterocycles. The Morgan fingerprint density at radius 1 is 1.14 bits per heavy atom. The Balaban J connectivity index is 1.73. The van der Waals surface area contributed by atoms with Crippen LogP contribution in [0.1, 0.15) is 59.3 Å². The lowest BCUT2D eigenvalue weighted by atomic mass is 9.47. The van der Waals surface area contributed by atoms with Crippen LogP contribution in [-0.2, 0) is 4.74 Å². The topological polar surface area (TPSA) is 49.7 Å². The van der Waals surface area contributed by atoms with Gasteiger partial charge in [0.05, 0.1) is 24.4 Å². The van der Waals surface area contributed by atoms with E-state index in [0.29, 0.717) is 18.4 Å². The van der Waals surface area contributed by atoms with Crippen molar-refractivity contribution in [1.29, 1.82) is 0 Å². The quantitative estimate of drug-likeness (QED) is 0.676. The molecule has 0 aromatic carbocycles. The third-order valence-corrected chi connectivity index (χ3v) is 7.79. The summed E-state index contributed by atoms with van der Waals surface area (Å²) in [6.45, 7) is 7.11. The van der Waals surface area contributed by atoms with Crippen LogP contribution in [0.25, 0.3) is 0 Å². The van der Waals surface area contributed by atoms with Crippen molar-refractivity contribution in [1.82, 2.24) is 0 Å². The smallest absolute Gasteiger partial charge is 0.0868 e. The average molecular weight is 306 g/mol. The largest absolute Gasteiger partial charge is 0.390 e. The van der Waals surface area contributed by atoms with Gasteiger partial charge in [-0.2, -0.15) is 0 Å². The average Bonchev–Trinajstić information content (AvgIpc) is 2.74. The maximum atomic E-state index is 10.9. The van der Waals surface area contributed by atoms with Gasteiger partial charge >= 0.3 is 0 Å². The summed E-state index contributed by atoms with van der Waals surface area (Å²) in [6.07, 6.45) is 8.49. The second-order valence-electron chi connectivity index (χ2n) is 9.04. The molecule has 0 spiro atoms. The Bertz CT molecular complexity index is 511. The molecule has 7 atom stereocenters. The van der Waals surface area contributed by atoms with Crippen LogP contribution in [0.5, 0.6) is 0 Å². The molecule has 0 bridgehead atoms. The number of aliphatic hydroxyl groups excluding tert-OH is 1. The molecule has 3 nitrogen and oxygen atoms in total. The highest BCUT2D eigenvalue weighted by molar-refractivity contribution is 5.30. The minimum absolute atomic E-state index is 0.0888. The molecule has 2 N–H and O–H groups in total. The van der Waals surface area contributed by atoms with Gasteiger partial charge in [-0.15, -0.1) is 0 Å². The van der Waals surface area contributed by atoms with Gasteiger partial charge in [0.15, 0.2) is 0 Å². The molecule has 3 fully saturated rings. The van der Waals surface area contributed by atoms with Crippen molar-refractivity contribution in [2.75, 3.05) is 6.61 Å². The molecule has 0 aromatic rings. The molecule has 0 aromatic heterocycles. The molecule has 4 rings (SSSR count). The molecule has 3 aliphatic carbocycles. The molecular formula is C19H30O3. The zero-order chi connectivity index (χ0) is 15.8. The highest BCUT2D eigenvalue weighted by Gasteiger charge is 2.60. The van der Waals surface area contributed by atoms with Crippen molar-refractivity contribution < 1.29 is 14.9 Å². The van der Waals surface area contributed by atoms with Crippen molar-refractivity contribution >= 4 is 0 Å². The maximum Gasteiger partial charge on any atom is 0.0868 e. The van der Waals surface area contributed by atoms with E-state index in [4.69, 9.17) is 4.74 Å². The van der Waals surface area contributed by atoms with Gasteiger partial charge in [-0.3, -0.25) is 0 Å². The highest BCUT2D eigenvalue weighted by atomic mass is 16.5. The summed E-state index contributed by atoms with van der Waals surface area (Å²) in [5.41, 5.74) is 0.972. The van der Waals surface area contributed by atoms with Gasteiger partial charge in [0.2, 0.25) is 0 Å². The van der Waals surface area contributed by atoms with E-state index in [1.807, 2.05) is 6.92 Å². The van der Waals surface area contributed by atoms with Crippen LogP contribution in [0.4, 0.5) is 0 Å². The fourth-order valence-corrected chi connectivity index (χ4v) is 6.36. The molecular weight excluding hydrogens is 276 g/mol. The maximum absolute atomic E-state index is 10.9. The number of aliphatic hydroxyl groups is 2. The lowest BCUT2D eigenvalue weighted by Gasteiger charge is -2.59. The molecule has 2 saturated carbocycles. The zero-order valence-electron chi connectivity index (χ0n) is 14.1. The van der Waals surface area contributed by atoms with E-state index in [9.17, 15) is 10.2 Å². The molecule has 22 heavy (non-hydrogen) atoms. The molecule has 1 saturated heterocycles. The summed E-state index contributed by atoms with van der Waals surface area (Å²) in [7, 11) is 0. The Morgan fingerprint density at radius 3 is 2.68 bits per heavy atom. The van der Waals surface area contributed by atoms with E-state index in [-0.39, 0.29) is 23.0 Å². The minimum atomic E-state index is -0.536. The number of allylic oxidation sites excluding steroid dienone is 1. The monoisotopic (exact) mass is 306 g/mol. The molecule has 3 heteroatoms. The predicted octanol–water partition coefficient (Wildman–Crippen LogP) is 3.05. The van der Waals surface area contributed by atoms with Gasteiger partial charge in [-0.1, -0.05) is 26.3 Å². The normalized spacial score (nSPS) is 57.6. The van der Waals surface area contributed by atoms with Gasteiger partial charge in [0, 0.05) is 5.41 Å². The van der Waals surface area contributed by atoms with Crippen molar-refractivity contribution in [2.45, 2.75) is 77.1 Å². The van der Waals surface area contributed by atoms with Crippen LogP contribution in [-0.4, -0.2) is 34.6 Å². The summed E-state index contributed by atoms with van der Waals surface area (Å²) in [4.78, 5) is 0. The van der Waals surface area contributed by atoms with Crippen LogP contribution in [0, 0.1) is 22.7 Å². The van der Waals surface area contributed by atoms with E-state index in [1.165, 1.54) is 12.0 Å². The summed E-state index contributed by atoms with van der Waals surface area (Å²) in [6, 6.07) is 0. The molecule has 0 unspecified atom stereocenters. The van der Waals surface area contributed by atoms with Gasteiger partial charge in [0.25, 0.3) is 0 Å². The molecule has 0 amide bonds. The van der Waals surface area contributed by atoms with Gasteiger partial charge < -0.3 is 14.9 Å². The Kier molecular flexibility index (Phi) is 3.16. The van der Waals surface area contributed by atoms with Gasteiger partial charge in [-0.05, 0) is 61.9 Å². The van der Waals surface area contributed by atoms with E-state index >= 15 is 0 Å². The van der Waals surface area contributed by atoms with Crippen molar-refractivity contribution in [3.63, 3.8) is 0 Å². The van der Waals surface area contributed by atoms with Crippen LogP contribution >= 0.6 is 0 Å². The number of hydrogen-bond donors (Lipinski definition) is 2. The number of rotatable bonds is 0. The minimum Gasteiger partial charge on any atom is -0.390 e. The van der Waals surface area contributed by atoms with E-state index in [2.05, 4.69) is 19.9 Å². The SMILES string of the molecule is C[C@]12CCC[C@@](C)(O)[C@@H]1CC=C1[C@@H]2CC[C@]2(C)[C@@H](O)CO[C@@H]12. The van der Waals surface area contributed by atoms with Crippen LogP contribution in [0.15, 0.2) is 11.6 Å². The Labute approximate surface area is 133 Å². The predicted molar refractivity (Wildman–Crippen MR) is 85.3 cm³/mol. The van der Waals surface area contributed by atoms with E-state index < -0.39 is 5.60 Å². The van der Waals surface area contributed by atoms with Crippen LogP contribution in [0.3, 0.4) is 0 Å². The van der Waals surface area contributed by atoms with E-state index in [1.54, 1.807) is 0 Å². The third-order valence-electron chi connectivity index (χ3n) is 7.79. The first kappa shape index (κ1) is 15.2. The Morgan fingerprint density at radius 2 is 1.91 bits per heavy atom. The second kappa shape index (κ2) is 4.58. The second-order valence-corrected chi connectivity index (χ2v) is 9.04. The third kappa shape index (κ3) is 1.79. The van der Waals surface area contributed by atoms with Crippen LogP contribution < -0.4 is 0 Å². The summed E-state index contributed by atoms with van der Waals surface area (Å²) < 4.78 is 6.04. The lowest BCUT2D eigenvalue weighted by molar-refractivity contribution is -0.128. The first-order chi connectivity index (χ1) is 10.3. The summed E-state index contributed by atoms with van der Waals surface area (Å²) >= 11 is 0. The summed E-state index contributed by atoms with van der Waals surface area (Å²) in [5.74, 6) is 0.875. The fraction of sp³-hybridized carbons (Fsp3) is 0.895. The molecule has 4 aliphatic rings. The van der Waals surface area contributed by atoms with Gasteiger partial charge in [-0.25, -0.2) is 0 Å². The lowest BCUT2D eigenvalue weighted by Crippen LogP contribution is -2.56. The van der Waals surface area contributed by atoms with Crippen molar-refractivity contribution in [3.8, 4) is 0 Å². The van der Waals surface area contributed by atoms with Crippen molar-refractivity contribution in [3.05, 3.63) is 11.6 Å². The molecule has 1 heterocycles. The number of ether oxygens (including phenoxy) is 1. The molecule has 124 valence electrons. The number of fused-ring (bicyclic) bond motifs is 5. The zero-order valence-corrected chi connectivity index (χ0v) is 14.1. The van der Waals surface area contributed by atoms with E-state index in [0.717, 1.165) is 32.1 Å². The number of hydrogen-bond acceptors (Lipinski definition) is 3. The highest BCUT2D eigenvalue weighted by Crippen LogP contribution is 2.63. The first-order valence-electron chi connectivity index (χ1n) is 9.01. The Hall–Kier alpha value is -0.380. The van der Waals surface area contributed by atoms with Crippen LogP contribution in [0.2, 0.25) is 0 Å². The standard InChI is InChI=1S/C19H30O3/c1-17-8-4-9-19(3,21)14(17)6-5-12-13(17)7-10-18(2)15(20)11-22-16(12)18/h5,13-16,20-21H,4,6-11H2,1-3H3/t13-,14+,15-,16-,17+,18+,19+/m0/s1. The summed E-state index contributed by atoms with van der Waals surface area (Å²) in [5, 5.41) is 21.3. The molecule has 0 radical (unpaired) electrons.